The lowest BCUT2D eigenvalue weighted by Crippen LogP contribution is -2.15. The van der Waals surface area contributed by atoms with Gasteiger partial charge in [0.15, 0.2) is 0 Å². The predicted molar refractivity (Wildman–Crippen MR) is 197 cm³/mol. The maximum absolute atomic E-state index is 5.66. The third-order valence-corrected chi connectivity index (χ3v) is 7.48. The van der Waals surface area contributed by atoms with Crippen LogP contribution < -0.4 is 4.74 Å². The van der Waals surface area contributed by atoms with Gasteiger partial charge in [0.1, 0.15) is 12.4 Å². The number of hydrogen-bond donors (Lipinski definition) is 0. The van der Waals surface area contributed by atoms with Crippen LogP contribution >= 0.6 is 0 Å². The summed E-state index contributed by atoms with van der Waals surface area (Å²) in [6.07, 6.45) is 14.9. The van der Waals surface area contributed by atoms with Crippen molar-refractivity contribution < 1.29 is 52.1 Å². The smallest absolute Gasteiger partial charge is 0.119 e. The van der Waals surface area contributed by atoms with Crippen molar-refractivity contribution in [2.24, 2.45) is 0 Å². The molecule has 0 aliphatic carbocycles. The molecule has 0 fully saturated rings. The van der Waals surface area contributed by atoms with Crippen LogP contribution in [0.1, 0.15) is 77.6 Å². The Balaban J connectivity index is 1.60. The second-order valence-electron chi connectivity index (χ2n) is 11.8. The molecule has 0 bridgehead atoms. The van der Waals surface area contributed by atoms with Crippen molar-refractivity contribution in [3.8, 4) is 5.75 Å². The molecule has 11 heteroatoms. The number of hydrogen-bond acceptors (Lipinski definition) is 11. The van der Waals surface area contributed by atoms with Crippen molar-refractivity contribution in [2.45, 2.75) is 77.6 Å². The van der Waals surface area contributed by atoms with Gasteiger partial charge >= 0.3 is 0 Å². The maximum atomic E-state index is 5.66. The molecular weight excluding hydrogens is 644 g/mol. The van der Waals surface area contributed by atoms with E-state index in [1.807, 2.05) is 30.3 Å². The van der Waals surface area contributed by atoms with Crippen molar-refractivity contribution in [3.05, 3.63) is 30.3 Å². The van der Waals surface area contributed by atoms with Gasteiger partial charge in [0, 0.05) is 6.61 Å². The molecule has 0 aliphatic heterocycles. The third kappa shape index (κ3) is 37.9. The van der Waals surface area contributed by atoms with Crippen molar-refractivity contribution in [2.75, 3.05) is 139 Å². The number of rotatable bonds is 43. The highest BCUT2D eigenvalue weighted by Crippen LogP contribution is 2.11. The zero-order valence-electron chi connectivity index (χ0n) is 31.5. The number of ether oxygens (including phenoxy) is 11. The van der Waals surface area contributed by atoms with E-state index in [1.54, 1.807) is 0 Å². The average Bonchev–Trinajstić information content (AvgIpc) is 3.14. The summed E-state index contributed by atoms with van der Waals surface area (Å²) in [5.74, 6) is 0.848. The molecular formula is C39H72O11. The molecule has 0 atom stereocenters. The molecule has 1 rings (SSSR count). The van der Waals surface area contributed by atoms with Crippen molar-refractivity contribution in [1.29, 1.82) is 0 Å². The lowest BCUT2D eigenvalue weighted by molar-refractivity contribution is -0.0267. The van der Waals surface area contributed by atoms with E-state index in [9.17, 15) is 0 Å². The van der Waals surface area contributed by atoms with Crippen LogP contribution in [0.25, 0.3) is 0 Å². The van der Waals surface area contributed by atoms with E-state index < -0.39 is 0 Å². The van der Waals surface area contributed by atoms with Crippen LogP contribution in [0.2, 0.25) is 0 Å². The summed E-state index contributed by atoms with van der Waals surface area (Å²) in [5, 5.41) is 0. The molecule has 0 aliphatic rings. The Labute approximate surface area is 304 Å². The SMILES string of the molecule is CCCCCCCCCCCCCOCCOCCOCCOCCOCCOCCOCCOCCOCCOCCOc1ccccc1. The summed E-state index contributed by atoms with van der Waals surface area (Å²) >= 11 is 0. The first kappa shape index (κ1) is 46.6. The molecule has 0 N–H and O–H groups in total. The van der Waals surface area contributed by atoms with Crippen LogP contribution in [0, 0.1) is 0 Å². The first-order chi connectivity index (χ1) is 24.9. The van der Waals surface area contributed by atoms with Gasteiger partial charge in [-0.05, 0) is 18.6 Å². The van der Waals surface area contributed by atoms with Gasteiger partial charge in [-0.15, -0.1) is 0 Å². The van der Waals surface area contributed by atoms with Gasteiger partial charge in [-0.25, -0.2) is 0 Å². The molecule has 1 aromatic carbocycles. The Morgan fingerprint density at radius 1 is 0.280 bits per heavy atom. The highest BCUT2D eigenvalue weighted by atomic mass is 16.6. The molecule has 294 valence electrons. The Kier molecular flexibility index (Phi) is 39.2. The zero-order valence-corrected chi connectivity index (χ0v) is 31.5. The topological polar surface area (TPSA) is 102 Å². The van der Waals surface area contributed by atoms with Crippen molar-refractivity contribution >= 4 is 0 Å². The summed E-state index contributed by atoms with van der Waals surface area (Å²) in [6.45, 7) is 13.9. The van der Waals surface area contributed by atoms with E-state index >= 15 is 0 Å². The Hall–Kier alpha value is -1.38. The minimum absolute atomic E-state index is 0.520. The summed E-state index contributed by atoms with van der Waals surface area (Å²) in [5.41, 5.74) is 0. The fourth-order valence-corrected chi connectivity index (χ4v) is 4.68. The average molecular weight is 717 g/mol. The second-order valence-corrected chi connectivity index (χ2v) is 11.8. The van der Waals surface area contributed by atoms with Crippen molar-refractivity contribution in [1.82, 2.24) is 0 Å². The molecule has 0 heterocycles. The highest BCUT2D eigenvalue weighted by molar-refractivity contribution is 5.20. The van der Waals surface area contributed by atoms with Gasteiger partial charge in [-0.3, -0.25) is 0 Å². The lowest BCUT2D eigenvalue weighted by atomic mass is 10.1. The van der Waals surface area contributed by atoms with E-state index in [0.29, 0.717) is 132 Å². The Morgan fingerprint density at radius 2 is 0.540 bits per heavy atom. The molecule has 11 nitrogen and oxygen atoms in total. The van der Waals surface area contributed by atoms with Crippen LogP contribution in [-0.2, 0) is 47.4 Å². The lowest BCUT2D eigenvalue weighted by Gasteiger charge is -2.09. The molecule has 0 unspecified atom stereocenters. The summed E-state index contributed by atoms with van der Waals surface area (Å²) in [7, 11) is 0. The highest BCUT2D eigenvalue weighted by Gasteiger charge is 1.98. The fraction of sp³-hybridized carbons (Fsp3) is 0.846. The van der Waals surface area contributed by atoms with Crippen LogP contribution in [0.3, 0.4) is 0 Å². The van der Waals surface area contributed by atoms with Gasteiger partial charge in [-0.1, -0.05) is 89.3 Å². The molecule has 0 saturated carbocycles. The van der Waals surface area contributed by atoms with Crippen LogP contribution in [-0.4, -0.2) is 139 Å². The van der Waals surface area contributed by atoms with Crippen LogP contribution in [0.4, 0.5) is 0 Å². The molecule has 0 saturated heterocycles. The molecule has 50 heavy (non-hydrogen) atoms. The van der Waals surface area contributed by atoms with Crippen molar-refractivity contribution in [3.63, 3.8) is 0 Å². The quantitative estimate of drug-likeness (QED) is 0.0689. The number of unbranched alkanes of at least 4 members (excludes halogenated alkanes) is 10. The minimum atomic E-state index is 0.520. The Morgan fingerprint density at radius 3 is 0.860 bits per heavy atom. The monoisotopic (exact) mass is 717 g/mol. The fourth-order valence-electron chi connectivity index (χ4n) is 4.68. The van der Waals surface area contributed by atoms with Gasteiger partial charge in [-0.2, -0.15) is 0 Å². The minimum Gasteiger partial charge on any atom is -0.491 e. The first-order valence-electron chi connectivity index (χ1n) is 19.4. The predicted octanol–water partition coefficient (Wildman–Crippen LogP) is 6.54. The summed E-state index contributed by atoms with van der Waals surface area (Å²) in [6, 6.07) is 9.69. The van der Waals surface area contributed by atoms with Gasteiger partial charge < -0.3 is 52.1 Å². The van der Waals surface area contributed by atoms with E-state index in [-0.39, 0.29) is 0 Å². The maximum Gasteiger partial charge on any atom is 0.119 e. The molecule has 0 aromatic heterocycles. The largest absolute Gasteiger partial charge is 0.491 e. The number of para-hydroxylation sites is 1. The van der Waals surface area contributed by atoms with E-state index in [1.165, 1.54) is 64.2 Å². The first-order valence-corrected chi connectivity index (χ1v) is 19.4. The third-order valence-electron chi connectivity index (χ3n) is 7.48. The van der Waals surface area contributed by atoms with E-state index in [2.05, 4.69) is 6.92 Å². The standard InChI is InChI=1S/C39H72O11/c1-2-3-4-5-6-7-8-9-10-11-15-18-40-19-20-41-21-22-42-23-24-43-25-26-44-27-28-45-29-30-46-31-32-47-33-34-48-35-36-49-37-38-50-39-16-13-12-14-17-39/h12-14,16-17H,2-11,15,18-38H2,1H3. The van der Waals surface area contributed by atoms with Crippen LogP contribution in [0.15, 0.2) is 30.3 Å². The summed E-state index contributed by atoms with van der Waals surface area (Å²) in [4.78, 5) is 0. The normalized spacial score (nSPS) is 11.5. The van der Waals surface area contributed by atoms with Crippen LogP contribution in [0.5, 0.6) is 5.75 Å². The van der Waals surface area contributed by atoms with Gasteiger partial charge in [0.05, 0.1) is 126 Å². The van der Waals surface area contributed by atoms with E-state index in [0.717, 1.165) is 18.8 Å². The molecule has 0 spiro atoms. The van der Waals surface area contributed by atoms with Gasteiger partial charge in [0.25, 0.3) is 0 Å². The molecule has 0 radical (unpaired) electrons. The molecule has 1 aromatic rings. The summed E-state index contributed by atoms with van der Waals surface area (Å²) < 4.78 is 60.8. The zero-order chi connectivity index (χ0) is 35.5. The molecule has 0 amide bonds. The van der Waals surface area contributed by atoms with Gasteiger partial charge in [0.2, 0.25) is 0 Å². The second kappa shape index (κ2) is 42.0. The number of benzene rings is 1. The van der Waals surface area contributed by atoms with E-state index in [4.69, 9.17) is 52.1 Å². The Bertz CT molecular complexity index is 744.